The summed E-state index contributed by atoms with van der Waals surface area (Å²) in [4.78, 5) is 36.8. The summed E-state index contributed by atoms with van der Waals surface area (Å²) in [5, 5.41) is 11.7. The summed E-state index contributed by atoms with van der Waals surface area (Å²) in [6.45, 7) is -0.959. The molecule has 0 spiro atoms. The maximum Gasteiger partial charge on any atom is 0.407 e. The van der Waals surface area contributed by atoms with Gasteiger partial charge in [-0.25, -0.2) is 18.4 Å². The number of ether oxygens (including phenoxy) is 2. The van der Waals surface area contributed by atoms with Gasteiger partial charge in [0.2, 0.25) is 5.91 Å². The Hall–Kier alpha value is -3.53. The van der Waals surface area contributed by atoms with Crippen LogP contribution in [0.3, 0.4) is 0 Å². The molecule has 35 heavy (non-hydrogen) atoms. The number of rotatable bonds is 8. The molecule has 2 aromatic rings. The van der Waals surface area contributed by atoms with Crippen molar-refractivity contribution in [2.24, 2.45) is 0 Å². The largest absolute Gasteiger partial charge is 0.480 e. The SMILES string of the molecule is COC(CNC(=O)OCC1c2ccccc2-c2ccccc21)CC(=O)N1CC(F)(F)C[C@@H]1C(=O)O. The topological polar surface area (TPSA) is 105 Å². The molecule has 2 aromatic carbocycles. The number of fused-ring (bicyclic) bond motifs is 3. The lowest BCUT2D eigenvalue weighted by Crippen LogP contribution is -2.44. The van der Waals surface area contributed by atoms with E-state index in [1.165, 1.54) is 7.11 Å². The van der Waals surface area contributed by atoms with Gasteiger partial charge in [0, 0.05) is 26.0 Å². The summed E-state index contributed by atoms with van der Waals surface area (Å²) < 4.78 is 38.0. The van der Waals surface area contributed by atoms with Gasteiger partial charge in [0.15, 0.2) is 0 Å². The Kier molecular flexibility index (Phi) is 7.02. The molecule has 186 valence electrons. The first-order valence-corrected chi connectivity index (χ1v) is 11.2. The standard InChI is InChI=1S/C25H26F2N2O6/c1-34-15(10-22(30)29-14-25(26,27)11-21(29)23(31)32)12-28-24(33)35-13-20-18-8-4-2-6-16(18)17-7-3-5-9-19(17)20/h2-9,15,20-21H,10-14H2,1H3,(H,28,33)(H,31,32)/t15?,21-/m1/s1. The van der Waals surface area contributed by atoms with Crippen LogP contribution in [0.4, 0.5) is 13.6 Å². The van der Waals surface area contributed by atoms with Crippen LogP contribution in [-0.4, -0.2) is 72.9 Å². The van der Waals surface area contributed by atoms with Crippen molar-refractivity contribution in [2.45, 2.75) is 36.8 Å². The number of hydrogen-bond acceptors (Lipinski definition) is 5. The van der Waals surface area contributed by atoms with E-state index in [0.717, 1.165) is 22.3 Å². The summed E-state index contributed by atoms with van der Waals surface area (Å²) >= 11 is 0. The van der Waals surface area contributed by atoms with Crippen molar-refractivity contribution in [1.29, 1.82) is 0 Å². The zero-order valence-electron chi connectivity index (χ0n) is 19.1. The Balaban J connectivity index is 1.31. The zero-order valence-corrected chi connectivity index (χ0v) is 19.1. The van der Waals surface area contributed by atoms with E-state index in [4.69, 9.17) is 9.47 Å². The third kappa shape index (κ3) is 5.27. The summed E-state index contributed by atoms with van der Waals surface area (Å²) in [6.07, 6.45) is -2.84. The van der Waals surface area contributed by atoms with Crippen molar-refractivity contribution in [3.63, 3.8) is 0 Å². The van der Waals surface area contributed by atoms with Crippen LogP contribution in [0.1, 0.15) is 29.9 Å². The van der Waals surface area contributed by atoms with E-state index in [0.29, 0.717) is 4.90 Å². The van der Waals surface area contributed by atoms with Gasteiger partial charge in [-0.2, -0.15) is 0 Å². The second-order valence-electron chi connectivity index (χ2n) is 8.70. The third-order valence-electron chi connectivity index (χ3n) is 6.43. The van der Waals surface area contributed by atoms with Crippen molar-refractivity contribution in [3.8, 4) is 11.1 Å². The van der Waals surface area contributed by atoms with Crippen LogP contribution in [0.2, 0.25) is 0 Å². The maximum atomic E-state index is 13.7. The van der Waals surface area contributed by atoms with Crippen molar-refractivity contribution in [3.05, 3.63) is 59.7 Å². The fourth-order valence-electron chi connectivity index (χ4n) is 4.70. The molecule has 0 bridgehead atoms. The number of carbonyl (C=O) groups excluding carboxylic acids is 2. The Bertz CT molecular complexity index is 1080. The number of amides is 2. The molecule has 4 rings (SSSR count). The van der Waals surface area contributed by atoms with Crippen molar-refractivity contribution >= 4 is 18.0 Å². The molecular formula is C25H26F2N2O6. The number of likely N-dealkylation sites (tertiary alicyclic amines) is 1. The van der Waals surface area contributed by atoms with Crippen molar-refractivity contribution in [1.82, 2.24) is 10.2 Å². The van der Waals surface area contributed by atoms with E-state index < -0.39 is 49.0 Å². The molecule has 2 aliphatic rings. The Morgan fingerprint density at radius 3 is 2.29 bits per heavy atom. The highest BCUT2D eigenvalue weighted by Gasteiger charge is 2.50. The smallest absolute Gasteiger partial charge is 0.407 e. The van der Waals surface area contributed by atoms with Crippen molar-refractivity contribution in [2.75, 3.05) is 26.8 Å². The molecule has 8 nitrogen and oxygen atoms in total. The number of alkyl carbamates (subject to hydrolysis) is 1. The number of carboxylic acids is 1. The van der Waals surface area contributed by atoms with Gasteiger partial charge in [0.1, 0.15) is 12.6 Å². The van der Waals surface area contributed by atoms with E-state index in [1.54, 1.807) is 0 Å². The van der Waals surface area contributed by atoms with E-state index >= 15 is 0 Å². The summed E-state index contributed by atoms with van der Waals surface area (Å²) in [7, 11) is 1.31. The van der Waals surface area contributed by atoms with E-state index in [-0.39, 0.29) is 25.5 Å². The van der Waals surface area contributed by atoms with Crippen LogP contribution in [0.15, 0.2) is 48.5 Å². The quantitative estimate of drug-likeness (QED) is 0.591. The molecule has 0 aromatic heterocycles. The molecule has 1 aliphatic carbocycles. The van der Waals surface area contributed by atoms with Gasteiger partial charge in [-0.05, 0) is 22.3 Å². The third-order valence-corrected chi connectivity index (χ3v) is 6.43. The second-order valence-corrected chi connectivity index (χ2v) is 8.70. The zero-order chi connectivity index (χ0) is 25.2. The first-order chi connectivity index (χ1) is 16.7. The lowest BCUT2D eigenvalue weighted by Gasteiger charge is -2.23. The minimum absolute atomic E-state index is 0.110. The summed E-state index contributed by atoms with van der Waals surface area (Å²) in [5.41, 5.74) is 4.33. The second kappa shape index (κ2) is 9.99. The van der Waals surface area contributed by atoms with Gasteiger partial charge < -0.3 is 24.8 Å². The van der Waals surface area contributed by atoms with E-state index in [2.05, 4.69) is 5.32 Å². The van der Waals surface area contributed by atoms with Gasteiger partial charge >= 0.3 is 12.1 Å². The number of hydrogen-bond donors (Lipinski definition) is 2. The van der Waals surface area contributed by atoms with Crippen LogP contribution in [-0.2, 0) is 19.1 Å². The summed E-state index contributed by atoms with van der Waals surface area (Å²) in [6, 6.07) is 14.2. The average molecular weight is 488 g/mol. The fraction of sp³-hybridized carbons (Fsp3) is 0.400. The molecule has 2 N–H and O–H groups in total. The number of aliphatic carboxylic acids is 1. The van der Waals surface area contributed by atoms with Gasteiger partial charge in [0.05, 0.1) is 19.1 Å². The van der Waals surface area contributed by atoms with Crippen LogP contribution in [0.5, 0.6) is 0 Å². The normalized spacial score (nSPS) is 19.1. The molecular weight excluding hydrogens is 462 g/mol. The number of nitrogens with zero attached hydrogens (tertiary/aromatic N) is 1. The van der Waals surface area contributed by atoms with Crippen LogP contribution in [0, 0.1) is 0 Å². The van der Waals surface area contributed by atoms with Crippen LogP contribution in [0.25, 0.3) is 11.1 Å². The maximum absolute atomic E-state index is 13.7. The van der Waals surface area contributed by atoms with Gasteiger partial charge in [-0.3, -0.25) is 4.79 Å². The van der Waals surface area contributed by atoms with Crippen LogP contribution >= 0.6 is 0 Å². The number of halogens is 2. The van der Waals surface area contributed by atoms with E-state index in [9.17, 15) is 28.3 Å². The Morgan fingerprint density at radius 1 is 1.11 bits per heavy atom. The average Bonchev–Trinajstić information content (AvgIpc) is 3.34. The number of benzene rings is 2. The van der Waals surface area contributed by atoms with Gasteiger partial charge in [0.25, 0.3) is 5.92 Å². The minimum atomic E-state index is -3.26. The van der Waals surface area contributed by atoms with Gasteiger partial charge in [-0.15, -0.1) is 0 Å². The predicted molar refractivity (Wildman–Crippen MR) is 121 cm³/mol. The molecule has 1 saturated heterocycles. The highest BCUT2D eigenvalue weighted by molar-refractivity contribution is 5.85. The van der Waals surface area contributed by atoms with Gasteiger partial charge in [-0.1, -0.05) is 48.5 Å². The molecule has 0 saturated carbocycles. The first kappa shape index (κ1) is 24.6. The monoisotopic (exact) mass is 488 g/mol. The summed E-state index contributed by atoms with van der Waals surface area (Å²) in [5.74, 6) is -5.64. The predicted octanol–water partition coefficient (Wildman–Crippen LogP) is 3.25. The highest BCUT2D eigenvalue weighted by atomic mass is 19.3. The molecule has 1 unspecified atom stereocenters. The van der Waals surface area contributed by atoms with Crippen molar-refractivity contribution < 1.29 is 37.7 Å². The lowest BCUT2D eigenvalue weighted by atomic mass is 9.98. The number of methoxy groups -OCH3 is 1. The first-order valence-electron chi connectivity index (χ1n) is 11.2. The molecule has 10 heteroatoms. The van der Waals surface area contributed by atoms with Crippen LogP contribution < -0.4 is 5.32 Å². The lowest BCUT2D eigenvalue weighted by molar-refractivity contribution is -0.149. The fourth-order valence-corrected chi connectivity index (χ4v) is 4.70. The highest BCUT2D eigenvalue weighted by Crippen LogP contribution is 2.44. The number of carbonyl (C=O) groups is 3. The number of alkyl halides is 2. The number of nitrogens with one attached hydrogen (secondary N) is 1. The molecule has 2 atom stereocenters. The molecule has 1 heterocycles. The molecule has 1 aliphatic heterocycles. The Labute approximate surface area is 200 Å². The minimum Gasteiger partial charge on any atom is -0.480 e. The molecule has 1 fully saturated rings. The molecule has 2 amide bonds. The van der Waals surface area contributed by atoms with E-state index in [1.807, 2.05) is 48.5 Å². The number of carboxylic acid groups (broad SMARTS) is 1. The molecule has 0 radical (unpaired) electrons. The Morgan fingerprint density at radius 2 is 1.71 bits per heavy atom.